The number of para-hydroxylation sites is 1. The van der Waals surface area contributed by atoms with Crippen molar-refractivity contribution in [2.75, 3.05) is 11.9 Å². The fraction of sp³-hybridized carbons (Fsp3) is 0.208. The number of nitrogens with two attached hydrogens (primary N) is 1. The van der Waals surface area contributed by atoms with Crippen molar-refractivity contribution in [3.8, 4) is 11.1 Å². The van der Waals surface area contributed by atoms with Crippen LogP contribution >= 0.6 is 0 Å². The first-order valence-corrected chi connectivity index (χ1v) is 9.57. The Balaban J connectivity index is 1.68. The van der Waals surface area contributed by atoms with Gasteiger partial charge in [0.2, 0.25) is 0 Å². The monoisotopic (exact) mass is 377 g/mol. The smallest absolute Gasteiger partial charge is 0.279 e. The van der Waals surface area contributed by atoms with Gasteiger partial charge in [0.25, 0.3) is 5.91 Å². The molecule has 0 aliphatic rings. The van der Waals surface area contributed by atoms with Gasteiger partial charge in [0.1, 0.15) is 11.9 Å². The van der Waals surface area contributed by atoms with E-state index in [-0.39, 0.29) is 17.8 Å². The van der Waals surface area contributed by atoms with Crippen LogP contribution in [-0.2, 0) is 4.79 Å². The van der Waals surface area contributed by atoms with E-state index in [4.69, 9.17) is 0 Å². The third-order valence-corrected chi connectivity index (χ3v) is 4.82. The number of quaternary nitrogens is 1. The van der Waals surface area contributed by atoms with E-state index in [0.717, 1.165) is 22.4 Å². The zero-order chi connectivity index (χ0) is 19.9. The summed E-state index contributed by atoms with van der Waals surface area (Å²) in [5, 5.41) is 5.05. The maximum Gasteiger partial charge on any atom is 0.279 e. The van der Waals surface area contributed by atoms with Gasteiger partial charge in [-0.15, -0.1) is 0 Å². The van der Waals surface area contributed by atoms with Crippen LogP contribution in [0.2, 0.25) is 0 Å². The topological polar surface area (TPSA) is 45.7 Å². The summed E-state index contributed by atoms with van der Waals surface area (Å²) in [6, 6.07) is 24.4. The molecule has 0 unspecified atom stereocenters. The van der Waals surface area contributed by atoms with E-state index >= 15 is 0 Å². The fourth-order valence-electron chi connectivity index (χ4n) is 3.37. The first-order chi connectivity index (χ1) is 13.5. The van der Waals surface area contributed by atoms with E-state index in [2.05, 4.69) is 19.2 Å². The lowest BCUT2D eigenvalue weighted by Gasteiger charge is -2.19. The van der Waals surface area contributed by atoms with Crippen molar-refractivity contribution in [1.82, 2.24) is 0 Å². The van der Waals surface area contributed by atoms with Crippen LogP contribution in [-0.4, -0.2) is 12.5 Å². The summed E-state index contributed by atoms with van der Waals surface area (Å²) < 4.78 is 13.2. The number of benzene rings is 3. The van der Waals surface area contributed by atoms with Gasteiger partial charge in [-0.05, 0) is 23.8 Å². The Hall–Kier alpha value is -2.98. The molecule has 3 rings (SSSR count). The van der Waals surface area contributed by atoms with Gasteiger partial charge in [-0.25, -0.2) is 4.39 Å². The van der Waals surface area contributed by atoms with Gasteiger partial charge in [0.15, 0.2) is 6.54 Å². The molecule has 0 saturated carbocycles. The van der Waals surface area contributed by atoms with Crippen LogP contribution in [0.5, 0.6) is 0 Å². The molecule has 0 fully saturated rings. The van der Waals surface area contributed by atoms with Crippen LogP contribution in [0, 0.1) is 11.7 Å². The summed E-state index contributed by atoms with van der Waals surface area (Å²) in [5.41, 5.74) is 3.88. The number of amides is 1. The van der Waals surface area contributed by atoms with Gasteiger partial charge in [0, 0.05) is 22.7 Å². The molecular weight excluding hydrogens is 351 g/mol. The highest BCUT2D eigenvalue weighted by Gasteiger charge is 2.21. The van der Waals surface area contributed by atoms with E-state index in [1.54, 1.807) is 12.1 Å². The van der Waals surface area contributed by atoms with E-state index in [9.17, 15) is 9.18 Å². The summed E-state index contributed by atoms with van der Waals surface area (Å²) in [6.07, 6.45) is 0. The van der Waals surface area contributed by atoms with Gasteiger partial charge >= 0.3 is 0 Å². The minimum atomic E-state index is -0.249. The predicted octanol–water partition coefficient (Wildman–Crippen LogP) is 4.39. The highest BCUT2D eigenvalue weighted by atomic mass is 19.1. The summed E-state index contributed by atoms with van der Waals surface area (Å²) in [7, 11) is 0. The molecule has 0 heterocycles. The Morgan fingerprint density at radius 3 is 2.25 bits per heavy atom. The Kier molecular flexibility index (Phi) is 6.56. The lowest BCUT2D eigenvalue weighted by atomic mass is 9.96. The zero-order valence-electron chi connectivity index (χ0n) is 16.2. The Morgan fingerprint density at radius 1 is 0.929 bits per heavy atom. The molecule has 3 aromatic carbocycles. The maximum absolute atomic E-state index is 13.2. The second kappa shape index (κ2) is 9.29. The molecule has 4 heteroatoms. The van der Waals surface area contributed by atoms with Crippen molar-refractivity contribution in [3.05, 3.63) is 90.2 Å². The molecule has 0 spiro atoms. The van der Waals surface area contributed by atoms with E-state index in [0.29, 0.717) is 12.5 Å². The average molecular weight is 377 g/mol. The summed E-state index contributed by atoms with van der Waals surface area (Å²) in [5.74, 6) is 0.00697. The van der Waals surface area contributed by atoms with Gasteiger partial charge in [-0.2, -0.15) is 0 Å². The van der Waals surface area contributed by atoms with Crippen molar-refractivity contribution >= 4 is 11.6 Å². The number of halogens is 1. The molecule has 3 aromatic rings. The van der Waals surface area contributed by atoms with Gasteiger partial charge < -0.3 is 10.6 Å². The molecule has 0 aliphatic carbocycles. The van der Waals surface area contributed by atoms with Crippen LogP contribution in [0.25, 0.3) is 11.1 Å². The SMILES string of the molecule is CC(C)[C@H]([NH2+]CC(=O)Nc1ccccc1-c1ccccc1)c1ccc(F)cc1. The molecule has 3 N–H and O–H groups in total. The third kappa shape index (κ3) is 5.05. The predicted molar refractivity (Wildman–Crippen MR) is 111 cm³/mol. The van der Waals surface area contributed by atoms with Crippen LogP contribution < -0.4 is 10.6 Å². The van der Waals surface area contributed by atoms with Crippen molar-refractivity contribution < 1.29 is 14.5 Å². The van der Waals surface area contributed by atoms with Gasteiger partial charge in [-0.3, -0.25) is 4.79 Å². The van der Waals surface area contributed by atoms with Crippen LogP contribution in [0.1, 0.15) is 25.5 Å². The van der Waals surface area contributed by atoms with Crippen LogP contribution in [0.15, 0.2) is 78.9 Å². The largest absolute Gasteiger partial charge is 0.332 e. The first-order valence-electron chi connectivity index (χ1n) is 9.57. The molecule has 28 heavy (non-hydrogen) atoms. The second-order valence-corrected chi connectivity index (χ2v) is 7.22. The number of hydrogen-bond donors (Lipinski definition) is 2. The standard InChI is InChI=1S/C24H25FN2O/c1-17(2)24(19-12-14-20(25)15-13-19)26-16-23(28)27-22-11-7-6-10-21(22)18-8-4-3-5-9-18/h3-15,17,24,26H,16H2,1-2H3,(H,27,28)/p+1/t24-/m0/s1. The molecule has 3 nitrogen and oxygen atoms in total. The number of hydrogen-bond acceptors (Lipinski definition) is 1. The Labute approximate surface area is 165 Å². The molecule has 144 valence electrons. The first kappa shape index (κ1) is 19.8. The highest BCUT2D eigenvalue weighted by molar-refractivity contribution is 5.95. The molecule has 0 saturated heterocycles. The quantitative estimate of drug-likeness (QED) is 0.630. The number of carbonyl (C=O) groups is 1. The van der Waals surface area contributed by atoms with Gasteiger partial charge in [0.05, 0.1) is 0 Å². The van der Waals surface area contributed by atoms with Crippen molar-refractivity contribution in [2.24, 2.45) is 5.92 Å². The van der Waals surface area contributed by atoms with E-state index in [1.165, 1.54) is 12.1 Å². The Bertz CT molecular complexity index is 907. The third-order valence-electron chi connectivity index (χ3n) is 4.82. The molecule has 0 aliphatic heterocycles. The molecular formula is C24H26FN2O+. The molecule has 1 atom stereocenters. The molecule has 0 radical (unpaired) electrons. The lowest BCUT2D eigenvalue weighted by molar-refractivity contribution is -0.692. The fourth-order valence-corrected chi connectivity index (χ4v) is 3.37. The summed E-state index contributed by atoms with van der Waals surface area (Å²) in [4.78, 5) is 12.6. The van der Waals surface area contributed by atoms with Crippen LogP contribution in [0.3, 0.4) is 0 Å². The normalized spacial score (nSPS) is 12.0. The summed E-state index contributed by atoms with van der Waals surface area (Å²) in [6.45, 7) is 4.50. The lowest BCUT2D eigenvalue weighted by Crippen LogP contribution is -2.88. The summed E-state index contributed by atoms with van der Waals surface area (Å²) >= 11 is 0. The maximum atomic E-state index is 13.2. The van der Waals surface area contributed by atoms with Crippen molar-refractivity contribution in [2.45, 2.75) is 19.9 Å². The van der Waals surface area contributed by atoms with E-state index < -0.39 is 0 Å². The Morgan fingerprint density at radius 2 is 1.57 bits per heavy atom. The zero-order valence-corrected chi connectivity index (χ0v) is 16.2. The minimum absolute atomic E-state index is 0.0591. The van der Waals surface area contributed by atoms with Crippen molar-refractivity contribution in [3.63, 3.8) is 0 Å². The number of anilines is 1. The second-order valence-electron chi connectivity index (χ2n) is 7.22. The molecule has 1 amide bonds. The van der Waals surface area contributed by atoms with E-state index in [1.807, 2.05) is 59.9 Å². The molecule has 0 bridgehead atoms. The average Bonchev–Trinajstić information content (AvgIpc) is 2.70. The number of nitrogens with one attached hydrogen (secondary N) is 1. The van der Waals surface area contributed by atoms with Crippen LogP contribution in [0.4, 0.5) is 10.1 Å². The number of rotatable bonds is 7. The minimum Gasteiger partial charge on any atom is -0.332 e. The van der Waals surface area contributed by atoms with Gasteiger partial charge in [-0.1, -0.05) is 74.5 Å². The van der Waals surface area contributed by atoms with Crippen molar-refractivity contribution in [1.29, 1.82) is 0 Å². The molecule has 0 aromatic heterocycles. The number of carbonyl (C=O) groups excluding carboxylic acids is 1. The highest BCUT2D eigenvalue weighted by Crippen LogP contribution is 2.27.